The fourth-order valence-electron chi connectivity index (χ4n) is 4.47. The van der Waals surface area contributed by atoms with E-state index in [-0.39, 0.29) is 34.3 Å². The highest BCUT2D eigenvalue weighted by Gasteiger charge is 2.31. The van der Waals surface area contributed by atoms with Gasteiger partial charge in [0.1, 0.15) is 12.2 Å². The minimum absolute atomic E-state index is 0.178. The second kappa shape index (κ2) is 17.1. The van der Waals surface area contributed by atoms with Gasteiger partial charge in [0, 0.05) is 33.0 Å². The van der Waals surface area contributed by atoms with Crippen LogP contribution in [0.25, 0.3) is 0 Å². The summed E-state index contributed by atoms with van der Waals surface area (Å²) in [6.45, 7) is 4.54. The number of aryl methyl sites for hydroxylation is 2. The Bertz CT molecular complexity index is 1300. The van der Waals surface area contributed by atoms with Gasteiger partial charge in [-0.25, -0.2) is 9.59 Å². The van der Waals surface area contributed by atoms with Crippen molar-refractivity contribution in [1.82, 2.24) is 0 Å². The van der Waals surface area contributed by atoms with Crippen LogP contribution in [0.1, 0.15) is 45.7 Å². The number of carbonyl (C=O) groups is 2. The molecule has 3 aromatic carbocycles. The number of hydrogen-bond donors (Lipinski definition) is 0. The number of benzene rings is 3. The third-order valence-corrected chi connectivity index (χ3v) is 8.33. The van der Waals surface area contributed by atoms with Crippen LogP contribution in [-0.2, 0) is 31.8 Å². The smallest absolute Gasteiger partial charge is 0.341 e. The molecule has 0 spiro atoms. The van der Waals surface area contributed by atoms with Gasteiger partial charge in [0.2, 0.25) is 11.1 Å². The van der Waals surface area contributed by atoms with E-state index in [0.29, 0.717) is 0 Å². The molecule has 0 aromatic heterocycles. The van der Waals surface area contributed by atoms with E-state index in [0.717, 1.165) is 18.5 Å². The van der Waals surface area contributed by atoms with Crippen molar-refractivity contribution < 1.29 is 28.5 Å². The van der Waals surface area contributed by atoms with Crippen molar-refractivity contribution in [3.63, 3.8) is 0 Å². The molecule has 3 aromatic rings. The van der Waals surface area contributed by atoms with Gasteiger partial charge in [-0.15, -0.1) is 0 Å². The predicted molar refractivity (Wildman–Crippen MR) is 172 cm³/mol. The molecule has 3 rings (SSSR count). The SMILES string of the molecule is CCc1ccc(N(CC(OC)C(Cl)OC(=O)c2ccccc2Cl)CC(OC)C(Cl)OC(=O)c2ccccc2Cl)cc1CC. The Kier molecular flexibility index (Phi) is 13.9. The maximum Gasteiger partial charge on any atom is 0.341 e. The molecular formula is C32H35Cl4NO6. The number of esters is 2. The minimum Gasteiger partial charge on any atom is -0.439 e. The first-order valence-corrected chi connectivity index (χ1v) is 15.4. The molecule has 4 unspecified atom stereocenters. The van der Waals surface area contributed by atoms with E-state index < -0.39 is 35.3 Å². The Morgan fingerprint density at radius 3 is 1.53 bits per heavy atom. The Labute approximate surface area is 272 Å². The van der Waals surface area contributed by atoms with Crippen molar-refractivity contribution in [2.75, 3.05) is 32.2 Å². The lowest BCUT2D eigenvalue weighted by atomic mass is 10.0. The lowest BCUT2D eigenvalue weighted by molar-refractivity contribution is -0.00939. The Hall–Kier alpha value is -2.52. The quantitative estimate of drug-likeness (QED) is 0.121. The van der Waals surface area contributed by atoms with Crippen LogP contribution >= 0.6 is 46.4 Å². The molecular weight excluding hydrogens is 636 g/mol. The molecule has 0 N–H and O–H groups in total. The van der Waals surface area contributed by atoms with Crippen LogP contribution in [0.2, 0.25) is 10.0 Å². The Morgan fingerprint density at radius 1 is 0.698 bits per heavy atom. The lowest BCUT2D eigenvalue weighted by Gasteiger charge is -2.34. The van der Waals surface area contributed by atoms with Gasteiger partial charge in [0.15, 0.2) is 0 Å². The zero-order valence-corrected chi connectivity index (χ0v) is 27.4. The molecule has 7 nitrogen and oxygen atoms in total. The van der Waals surface area contributed by atoms with Crippen molar-refractivity contribution in [1.29, 1.82) is 0 Å². The highest BCUT2D eigenvalue weighted by Crippen LogP contribution is 2.26. The monoisotopic (exact) mass is 669 g/mol. The summed E-state index contributed by atoms with van der Waals surface area (Å²) in [5.41, 5.74) is 1.28. The van der Waals surface area contributed by atoms with E-state index in [9.17, 15) is 9.59 Å². The average Bonchev–Trinajstić information content (AvgIpc) is 3.01. The molecule has 11 heteroatoms. The predicted octanol–water partition coefficient (Wildman–Crippen LogP) is 7.80. The molecule has 0 heterocycles. The van der Waals surface area contributed by atoms with Crippen molar-refractivity contribution >= 4 is 64.0 Å². The summed E-state index contributed by atoms with van der Waals surface area (Å²) in [7, 11) is 2.95. The van der Waals surface area contributed by atoms with Crippen molar-refractivity contribution in [2.45, 2.75) is 50.0 Å². The molecule has 0 aliphatic rings. The van der Waals surface area contributed by atoms with Gasteiger partial charge < -0.3 is 23.8 Å². The molecule has 0 bridgehead atoms. The van der Waals surface area contributed by atoms with Gasteiger partial charge in [-0.2, -0.15) is 0 Å². The minimum atomic E-state index is -1.16. The van der Waals surface area contributed by atoms with Gasteiger partial charge >= 0.3 is 11.9 Å². The van der Waals surface area contributed by atoms with Crippen LogP contribution in [0.3, 0.4) is 0 Å². The number of ether oxygens (including phenoxy) is 4. The molecule has 0 aliphatic carbocycles. The zero-order chi connectivity index (χ0) is 31.5. The van der Waals surface area contributed by atoms with Crippen LogP contribution in [0.5, 0.6) is 0 Å². The molecule has 0 fully saturated rings. The summed E-state index contributed by atoms with van der Waals surface area (Å²) in [5, 5.41) is 0.495. The van der Waals surface area contributed by atoms with Crippen LogP contribution in [0.4, 0.5) is 5.69 Å². The maximum atomic E-state index is 12.8. The maximum absolute atomic E-state index is 12.8. The van der Waals surface area contributed by atoms with Crippen molar-refractivity contribution in [2.24, 2.45) is 0 Å². The molecule has 4 atom stereocenters. The molecule has 0 saturated carbocycles. The van der Waals surface area contributed by atoms with E-state index in [1.165, 1.54) is 25.3 Å². The molecule has 0 saturated heterocycles. The number of methoxy groups -OCH3 is 2. The average molecular weight is 671 g/mol. The molecule has 232 valence electrons. The summed E-state index contributed by atoms with van der Waals surface area (Å²) in [6, 6.07) is 19.2. The van der Waals surface area contributed by atoms with Crippen LogP contribution in [0.15, 0.2) is 66.7 Å². The summed E-state index contributed by atoms with van der Waals surface area (Å²) >= 11 is 25.5. The number of nitrogens with zero attached hydrogens (tertiary/aromatic N) is 1. The fourth-order valence-corrected chi connectivity index (χ4v) is 5.42. The van der Waals surface area contributed by atoms with Gasteiger partial charge in [-0.3, -0.25) is 0 Å². The molecule has 43 heavy (non-hydrogen) atoms. The number of rotatable bonds is 15. The fraction of sp³-hybridized carbons (Fsp3) is 0.375. The molecule has 0 radical (unpaired) electrons. The van der Waals surface area contributed by atoms with Crippen molar-refractivity contribution in [3.8, 4) is 0 Å². The third kappa shape index (κ3) is 9.48. The van der Waals surface area contributed by atoms with E-state index in [4.69, 9.17) is 65.4 Å². The highest BCUT2D eigenvalue weighted by molar-refractivity contribution is 6.34. The van der Waals surface area contributed by atoms with E-state index >= 15 is 0 Å². The molecule has 0 amide bonds. The van der Waals surface area contributed by atoms with E-state index in [2.05, 4.69) is 26.0 Å². The van der Waals surface area contributed by atoms with Gasteiger partial charge in [-0.1, -0.05) is 90.6 Å². The van der Waals surface area contributed by atoms with Crippen LogP contribution < -0.4 is 4.90 Å². The second-order valence-electron chi connectivity index (χ2n) is 9.59. The van der Waals surface area contributed by atoms with Gasteiger partial charge in [-0.05, 0) is 60.4 Å². The van der Waals surface area contributed by atoms with Gasteiger partial charge in [0.05, 0.1) is 21.2 Å². The first kappa shape index (κ1) is 35.0. The van der Waals surface area contributed by atoms with E-state index in [1.807, 2.05) is 11.0 Å². The number of halogens is 4. The number of carbonyl (C=O) groups excluding carboxylic acids is 2. The Balaban J connectivity index is 1.86. The first-order chi connectivity index (χ1) is 20.6. The number of alkyl halides is 2. The summed E-state index contributed by atoms with van der Waals surface area (Å²) in [6.07, 6.45) is 0.156. The molecule has 0 aliphatic heterocycles. The zero-order valence-electron chi connectivity index (χ0n) is 24.4. The van der Waals surface area contributed by atoms with Crippen LogP contribution in [-0.4, -0.2) is 62.6 Å². The summed E-state index contributed by atoms with van der Waals surface area (Å²) in [5.74, 6) is -1.36. The first-order valence-electron chi connectivity index (χ1n) is 13.7. The van der Waals surface area contributed by atoms with Crippen LogP contribution in [0, 0.1) is 0 Å². The second-order valence-corrected chi connectivity index (χ2v) is 11.3. The number of hydrogen-bond acceptors (Lipinski definition) is 7. The Morgan fingerprint density at radius 2 is 1.14 bits per heavy atom. The largest absolute Gasteiger partial charge is 0.439 e. The van der Waals surface area contributed by atoms with E-state index in [1.54, 1.807) is 48.5 Å². The third-order valence-electron chi connectivity index (χ3n) is 6.93. The summed E-state index contributed by atoms with van der Waals surface area (Å²) < 4.78 is 22.4. The standard InChI is InChI=1S/C32H35Cl4NO6/c1-5-20-15-16-22(17-21(20)6-2)37(18-27(40-3)29(35)42-31(38)23-11-7-9-13-25(23)33)19-28(41-4)30(36)43-32(39)24-12-8-10-14-26(24)34/h7-17,27-30H,5-6,18-19H2,1-4H3. The highest BCUT2D eigenvalue weighted by atomic mass is 35.5. The number of anilines is 1. The van der Waals surface area contributed by atoms with Gasteiger partial charge in [0.25, 0.3) is 0 Å². The lowest BCUT2D eigenvalue weighted by Crippen LogP contribution is -2.46. The topological polar surface area (TPSA) is 74.3 Å². The summed E-state index contributed by atoms with van der Waals surface area (Å²) in [4.78, 5) is 27.6. The van der Waals surface area contributed by atoms with Crippen molar-refractivity contribution in [3.05, 3.63) is 99.0 Å². The normalized spacial score (nSPS) is 14.0.